The summed E-state index contributed by atoms with van der Waals surface area (Å²) in [6.07, 6.45) is 5.62. The van der Waals surface area contributed by atoms with E-state index in [4.69, 9.17) is 0 Å². The molecule has 0 aliphatic heterocycles. The van der Waals surface area contributed by atoms with Gasteiger partial charge in [0.05, 0.1) is 11.4 Å². The number of carbonyl (C=O) groups is 1. The second-order valence-electron chi connectivity index (χ2n) is 7.66. The monoisotopic (exact) mass is 422 g/mol. The summed E-state index contributed by atoms with van der Waals surface area (Å²) < 4.78 is 1.74. The van der Waals surface area contributed by atoms with Crippen molar-refractivity contribution in [2.45, 2.75) is 62.9 Å². The minimum absolute atomic E-state index is 0.152. The lowest BCUT2D eigenvalue weighted by atomic mass is 9.95. The number of rotatable bonds is 6. The van der Waals surface area contributed by atoms with Crippen molar-refractivity contribution in [1.29, 1.82) is 0 Å². The van der Waals surface area contributed by atoms with Crippen LogP contribution in [0.5, 0.6) is 0 Å². The number of para-hydroxylation sites is 1. The molecule has 0 spiro atoms. The van der Waals surface area contributed by atoms with Gasteiger partial charge < -0.3 is 5.32 Å². The summed E-state index contributed by atoms with van der Waals surface area (Å²) in [7, 11) is 0. The summed E-state index contributed by atoms with van der Waals surface area (Å²) in [5, 5.41) is 12.4. The van der Waals surface area contributed by atoms with Crippen LogP contribution in [0.25, 0.3) is 5.69 Å². The van der Waals surface area contributed by atoms with E-state index < -0.39 is 0 Å². The molecule has 1 fully saturated rings. The molecule has 156 valence electrons. The maximum absolute atomic E-state index is 13.0. The predicted molar refractivity (Wildman–Crippen MR) is 117 cm³/mol. The van der Waals surface area contributed by atoms with Crippen LogP contribution in [0.15, 0.2) is 41.6 Å². The van der Waals surface area contributed by atoms with Crippen molar-refractivity contribution in [3.63, 3.8) is 0 Å². The van der Waals surface area contributed by atoms with Gasteiger partial charge in [-0.15, -0.1) is 5.10 Å². The van der Waals surface area contributed by atoms with Crippen LogP contribution < -0.4 is 5.32 Å². The fourth-order valence-electron chi connectivity index (χ4n) is 3.78. The van der Waals surface area contributed by atoms with E-state index in [0.717, 1.165) is 48.5 Å². The summed E-state index contributed by atoms with van der Waals surface area (Å²) in [5.74, 6) is 0.346. The van der Waals surface area contributed by atoms with Gasteiger partial charge in [0.15, 0.2) is 10.9 Å². The molecule has 1 saturated carbocycles. The number of thioether (sulfide) groups is 1. The molecule has 1 aliphatic rings. The van der Waals surface area contributed by atoms with Crippen LogP contribution in [-0.2, 0) is 5.75 Å². The van der Waals surface area contributed by atoms with Crippen LogP contribution in [-0.4, -0.2) is 36.9 Å². The molecule has 4 rings (SSSR count). The fourth-order valence-corrected chi connectivity index (χ4v) is 4.72. The third-order valence-corrected chi connectivity index (χ3v) is 6.08. The second-order valence-corrected chi connectivity index (χ2v) is 8.60. The van der Waals surface area contributed by atoms with Crippen molar-refractivity contribution in [1.82, 2.24) is 30.3 Å². The molecule has 8 heteroatoms. The van der Waals surface area contributed by atoms with E-state index in [1.54, 1.807) is 4.68 Å². The van der Waals surface area contributed by atoms with Gasteiger partial charge in [0.25, 0.3) is 5.91 Å². The Kier molecular flexibility index (Phi) is 6.42. The maximum Gasteiger partial charge on any atom is 0.274 e. The van der Waals surface area contributed by atoms with Crippen LogP contribution in [0, 0.1) is 13.8 Å². The van der Waals surface area contributed by atoms with Crippen molar-refractivity contribution in [2.75, 3.05) is 0 Å². The van der Waals surface area contributed by atoms with E-state index in [2.05, 4.69) is 25.6 Å². The zero-order chi connectivity index (χ0) is 20.9. The Morgan fingerprint density at radius 3 is 2.50 bits per heavy atom. The van der Waals surface area contributed by atoms with Gasteiger partial charge in [-0.1, -0.05) is 54.4 Å². The van der Waals surface area contributed by atoms with Gasteiger partial charge in [0.1, 0.15) is 0 Å². The molecular formula is C22H26N6OS. The molecule has 1 amide bonds. The lowest BCUT2D eigenvalue weighted by Crippen LogP contribution is -2.36. The Balaban J connectivity index is 1.61. The summed E-state index contributed by atoms with van der Waals surface area (Å²) in [5.41, 5.74) is 3.85. The molecule has 0 unspecified atom stereocenters. The zero-order valence-electron chi connectivity index (χ0n) is 17.3. The van der Waals surface area contributed by atoms with Crippen molar-refractivity contribution >= 4 is 17.7 Å². The van der Waals surface area contributed by atoms with E-state index in [0.29, 0.717) is 16.6 Å². The maximum atomic E-state index is 13.0. The van der Waals surface area contributed by atoms with Gasteiger partial charge in [-0.2, -0.15) is 0 Å². The second kappa shape index (κ2) is 9.38. The lowest BCUT2D eigenvalue weighted by Gasteiger charge is -2.22. The largest absolute Gasteiger partial charge is 0.348 e. The van der Waals surface area contributed by atoms with Crippen LogP contribution in [0.2, 0.25) is 0 Å². The van der Waals surface area contributed by atoms with E-state index in [-0.39, 0.29) is 11.9 Å². The minimum Gasteiger partial charge on any atom is -0.348 e. The molecule has 2 aromatic heterocycles. The molecule has 7 nitrogen and oxygen atoms in total. The highest BCUT2D eigenvalue weighted by Crippen LogP contribution is 2.24. The standard InChI is InChI=1S/C22H26N6OS/c1-15-13-16(2)24-22(23-15)30-14-19-20(21(29)25-17-9-5-3-6-10-17)26-27-28(19)18-11-7-4-8-12-18/h4,7-8,11-13,17H,3,5-6,9-10,14H2,1-2H3,(H,25,29). The smallest absolute Gasteiger partial charge is 0.274 e. The third kappa shape index (κ3) is 4.87. The number of aromatic nitrogens is 5. The van der Waals surface area contributed by atoms with E-state index in [1.807, 2.05) is 50.2 Å². The normalized spacial score (nSPS) is 14.6. The molecule has 0 bridgehead atoms. The van der Waals surface area contributed by atoms with Crippen LogP contribution >= 0.6 is 11.8 Å². The summed E-state index contributed by atoms with van der Waals surface area (Å²) in [6, 6.07) is 11.9. The van der Waals surface area contributed by atoms with Gasteiger partial charge in [-0.25, -0.2) is 14.6 Å². The first kappa shape index (κ1) is 20.5. The Morgan fingerprint density at radius 1 is 1.10 bits per heavy atom. The molecule has 1 N–H and O–H groups in total. The predicted octanol–water partition coefficient (Wildman–Crippen LogP) is 4.03. The topological polar surface area (TPSA) is 85.6 Å². The number of aryl methyl sites for hydroxylation is 2. The summed E-state index contributed by atoms with van der Waals surface area (Å²) >= 11 is 1.49. The Hall–Kier alpha value is -2.74. The number of nitrogens with zero attached hydrogens (tertiary/aromatic N) is 5. The van der Waals surface area contributed by atoms with Gasteiger partial charge in [-0.3, -0.25) is 4.79 Å². The molecule has 3 aromatic rings. The average molecular weight is 423 g/mol. The third-order valence-electron chi connectivity index (χ3n) is 5.22. The molecule has 0 atom stereocenters. The van der Waals surface area contributed by atoms with Crippen molar-refractivity contribution in [3.8, 4) is 5.69 Å². The molecular weight excluding hydrogens is 396 g/mol. The van der Waals surface area contributed by atoms with Crippen molar-refractivity contribution in [2.24, 2.45) is 0 Å². The molecule has 0 radical (unpaired) electrons. The molecule has 0 saturated heterocycles. The zero-order valence-corrected chi connectivity index (χ0v) is 18.2. The first-order valence-electron chi connectivity index (χ1n) is 10.4. The van der Waals surface area contributed by atoms with E-state index in [9.17, 15) is 4.79 Å². The quantitative estimate of drug-likeness (QED) is 0.477. The lowest BCUT2D eigenvalue weighted by molar-refractivity contribution is 0.0922. The van der Waals surface area contributed by atoms with E-state index >= 15 is 0 Å². The molecule has 1 aliphatic carbocycles. The SMILES string of the molecule is Cc1cc(C)nc(SCc2c(C(=O)NC3CCCCC3)nnn2-c2ccccc2)n1. The molecule has 2 heterocycles. The Morgan fingerprint density at radius 2 is 1.80 bits per heavy atom. The number of nitrogens with one attached hydrogen (secondary N) is 1. The van der Waals surface area contributed by atoms with Crippen LogP contribution in [0.1, 0.15) is 59.7 Å². The van der Waals surface area contributed by atoms with Crippen LogP contribution in [0.4, 0.5) is 0 Å². The number of carbonyl (C=O) groups excluding carboxylic acids is 1. The van der Waals surface area contributed by atoms with Gasteiger partial charge in [0, 0.05) is 23.2 Å². The Bertz CT molecular complexity index is 993. The average Bonchev–Trinajstić information content (AvgIpc) is 3.17. The number of hydrogen-bond donors (Lipinski definition) is 1. The van der Waals surface area contributed by atoms with Crippen LogP contribution in [0.3, 0.4) is 0 Å². The minimum atomic E-state index is -0.152. The highest BCUT2D eigenvalue weighted by atomic mass is 32.2. The molecule has 1 aromatic carbocycles. The number of benzene rings is 1. The van der Waals surface area contributed by atoms with Gasteiger partial charge in [-0.05, 0) is 44.9 Å². The molecule has 30 heavy (non-hydrogen) atoms. The first-order chi connectivity index (χ1) is 14.6. The highest BCUT2D eigenvalue weighted by Gasteiger charge is 2.24. The summed E-state index contributed by atoms with van der Waals surface area (Å²) in [4.78, 5) is 22.0. The Labute approximate surface area is 180 Å². The first-order valence-corrected chi connectivity index (χ1v) is 11.3. The van der Waals surface area contributed by atoms with E-state index in [1.165, 1.54) is 18.2 Å². The van der Waals surface area contributed by atoms with Gasteiger partial charge in [0.2, 0.25) is 0 Å². The number of amides is 1. The highest BCUT2D eigenvalue weighted by molar-refractivity contribution is 7.98. The summed E-state index contributed by atoms with van der Waals surface area (Å²) in [6.45, 7) is 3.91. The fraction of sp³-hybridized carbons (Fsp3) is 0.409. The number of hydrogen-bond acceptors (Lipinski definition) is 6. The van der Waals surface area contributed by atoms with Crippen molar-refractivity contribution < 1.29 is 4.79 Å². The van der Waals surface area contributed by atoms with Gasteiger partial charge >= 0.3 is 0 Å². The van der Waals surface area contributed by atoms with Crippen molar-refractivity contribution in [3.05, 3.63) is 59.2 Å².